The van der Waals surface area contributed by atoms with E-state index in [1.807, 2.05) is 42.5 Å². The van der Waals surface area contributed by atoms with Crippen LogP contribution in [0.25, 0.3) is 6.08 Å². The fourth-order valence-corrected chi connectivity index (χ4v) is 4.98. The molecule has 2 heterocycles. The van der Waals surface area contributed by atoms with Gasteiger partial charge in [-0.2, -0.15) is 10.1 Å². The molecule has 6 nitrogen and oxygen atoms in total. The Labute approximate surface area is 203 Å². The second-order valence-electron chi connectivity index (χ2n) is 7.55. The van der Waals surface area contributed by atoms with Crippen molar-refractivity contribution in [2.45, 2.75) is 12.5 Å². The van der Waals surface area contributed by atoms with Gasteiger partial charge in [-0.1, -0.05) is 64.5 Å². The second-order valence-corrected chi connectivity index (χ2v) is 9.46. The first-order chi connectivity index (χ1) is 16.0. The molecule has 164 valence electrons. The lowest BCUT2D eigenvalue weighted by molar-refractivity contribution is 0.267. The van der Waals surface area contributed by atoms with Gasteiger partial charge < -0.3 is 10.2 Å². The lowest BCUT2D eigenvalue weighted by Crippen LogP contribution is -2.26. The van der Waals surface area contributed by atoms with E-state index < -0.39 is 0 Å². The number of phenolic OH excluding ortho intramolecular Hbond substituents is 2. The summed E-state index contributed by atoms with van der Waals surface area (Å²) in [6, 6.07) is 21.7. The quantitative estimate of drug-likeness (QED) is 0.422. The first kappa shape index (κ1) is 21.5. The van der Waals surface area contributed by atoms with Crippen molar-refractivity contribution in [3.63, 3.8) is 0 Å². The third kappa shape index (κ3) is 4.31. The van der Waals surface area contributed by atoms with Gasteiger partial charge >= 0.3 is 5.24 Å². The molecule has 5 rings (SSSR count). The molecule has 0 radical (unpaired) electrons. The number of halogens is 1. The number of hydrogen-bond donors (Lipinski definition) is 2. The third-order valence-electron chi connectivity index (χ3n) is 5.42. The number of nitrogens with zero attached hydrogens (tertiary/aromatic N) is 3. The summed E-state index contributed by atoms with van der Waals surface area (Å²) in [5.41, 5.74) is 3.05. The number of phenols is 2. The van der Waals surface area contributed by atoms with Crippen LogP contribution in [0, 0.1) is 0 Å². The molecule has 0 bridgehead atoms. The van der Waals surface area contributed by atoms with Gasteiger partial charge in [0.05, 0.1) is 16.7 Å². The van der Waals surface area contributed by atoms with Gasteiger partial charge in [0.2, 0.25) is 0 Å². The van der Waals surface area contributed by atoms with E-state index in [0.717, 1.165) is 27.5 Å². The molecule has 0 spiro atoms. The first-order valence-corrected chi connectivity index (χ1v) is 11.8. The minimum absolute atomic E-state index is 0.0946. The lowest BCUT2D eigenvalue weighted by Gasteiger charge is -2.24. The van der Waals surface area contributed by atoms with Crippen LogP contribution in [-0.2, 0) is 0 Å². The highest BCUT2D eigenvalue weighted by Gasteiger charge is 2.37. The van der Waals surface area contributed by atoms with E-state index in [1.165, 1.54) is 0 Å². The van der Waals surface area contributed by atoms with E-state index in [4.69, 9.17) is 5.10 Å². The molecular formula is C25H18BrN3O3S. The maximum absolute atomic E-state index is 12.4. The minimum atomic E-state index is -0.356. The Balaban J connectivity index is 1.61. The van der Waals surface area contributed by atoms with E-state index >= 15 is 0 Å². The van der Waals surface area contributed by atoms with E-state index in [-0.39, 0.29) is 22.8 Å². The van der Waals surface area contributed by atoms with Gasteiger partial charge in [0.1, 0.15) is 11.5 Å². The lowest BCUT2D eigenvalue weighted by atomic mass is 9.97. The topological polar surface area (TPSA) is 85.5 Å². The molecule has 0 aromatic heterocycles. The van der Waals surface area contributed by atoms with Gasteiger partial charge in [-0.25, -0.2) is 5.01 Å². The molecule has 1 atom stereocenters. The number of amidine groups is 1. The first-order valence-electron chi connectivity index (χ1n) is 10.2. The van der Waals surface area contributed by atoms with Crippen molar-refractivity contribution in [2.75, 3.05) is 0 Å². The number of rotatable bonds is 3. The number of para-hydroxylation sites is 1. The van der Waals surface area contributed by atoms with Gasteiger partial charge in [-0.3, -0.25) is 4.79 Å². The van der Waals surface area contributed by atoms with Crippen molar-refractivity contribution in [1.82, 2.24) is 5.01 Å². The molecule has 2 aliphatic heterocycles. The van der Waals surface area contributed by atoms with Crippen LogP contribution in [0.15, 0.2) is 92.3 Å². The van der Waals surface area contributed by atoms with Gasteiger partial charge in [-0.05, 0) is 47.7 Å². The average Bonchev–Trinajstić information content (AvgIpc) is 3.40. The average molecular weight is 520 g/mol. The minimum Gasteiger partial charge on any atom is -0.508 e. The molecule has 0 saturated heterocycles. The van der Waals surface area contributed by atoms with Crippen LogP contribution in [0.3, 0.4) is 0 Å². The van der Waals surface area contributed by atoms with Crippen molar-refractivity contribution >= 4 is 50.6 Å². The number of amides is 1. The Kier molecular flexibility index (Phi) is 5.78. The molecule has 2 aliphatic rings. The number of carbonyl (C=O) groups excluding carboxylic acids is 1. The Morgan fingerprint density at radius 2 is 1.76 bits per heavy atom. The zero-order valence-electron chi connectivity index (χ0n) is 17.2. The number of thioether (sulfide) groups is 1. The molecule has 0 aliphatic carbocycles. The highest BCUT2D eigenvalue weighted by atomic mass is 79.9. The summed E-state index contributed by atoms with van der Waals surface area (Å²) in [6.45, 7) is 0. The normalized spacial score (nSPS) is 19.2. The molecule has 1 unspecified atom stereocenters. The molecule has 0 fully saturated rings. The van der Waals surface area contributed by atoms with Crippen molar-refractivity contribution in [1.29, 1.82) is 0 Å². The number of hydrazone groups is 1. The standard InChI is InChI=1S/C25H18BrN3O3S/c26-17-10-11-21(30)16(12-17)13-23-24(27-25(32)33-23)29-20(18-8-4-5-9-22(18)31)14-19(28-29)15-6-2-1-3-7-15/h1-13,20,30-31H,14H2/b23-13-. The SMILES string of the molecule is O=C1N=C(N2N=C(c3ccccc3)CC2c2ccccc2O)/C(=C/c2cc(Br)ccc2O)S1. The van der Waals surface area contributed by atoms with Crippen LogP contribution in [0.4, 0.5) is 4.79 Å². The predicted molar refractivity (Wildman–Crippen MR) is 134 cm³/mol. The van der Waals surface area contributed by atoms with Crippen LogP contribution in [0.5, 0.6) is 11.5 Å². The zero-order chi connectivity index (χ0) is 22.9. The van der Waals surface area contributed by atoms with Crippen LogP contribution in [-0.4, -0.2) is 32.0 Å². The van der Waals surface area contributed by atoms with E-state index in [9.17, 15) is 15.0 Å². The van der Waals surface area contributed by atoms with Crippen LogP contribution >= 0.6 is 27.7 Å². The van der Waals surface area contributed by atoms with Crippen molar-refractivity contribution in [2.24, 2.45) is 10.1 Å². The fourth-order valence-electron chi connectivity index (χ4n) is 3.87. The van der Waals surface area contributed by atoms with Gasteiger partial charge in [-0.15, -0.1) is 0 Å². The van der Waals surface area contributed by atoms with Gasteiger partial charge in [0.15, 0.2) is 5.84 Å². The van der Waals surface area contributed by atoms with Crippen molar-refractivity contribution < 1.29 is 15.0 Å². The monoisotopic (exact) mass is 519 g/mol. The molecule has 0 saturated carbocycles. The summed E-state index contributed by atoms with van der Waals surface area (Å²) in [7, 11) is 0. The molecular weight excluding hydrogens is 502 g/mol. The molecule has 2 N–H and O–H groups in total. The second kappa shape index (κ2) is 8.88. The summed E-state index contributed by atoms with van der Waals surface area (Å²) in [5, 5.41) is 27.0. The number of aliphatic imine (C=N–C) groups is 1. The number of hydrogen-bond acceptors (Lipinski definition) is 6. The van der Waals surface area contributed by atoms with Crippen LogP contribution in [0.1, 0.15) is 29.2 Å². The maximum atomic E-state index is 12.4. The predicted octanol–water partition coefficient (Wildman–Crippen LogP) is 6.32. The summed E-state index contributed by atoms with van der Waals surface area (Å²) < 4.78 is 0.803. The van der Waals surface area contributed by atoms with Gasteiger partial charge in [0.25, 0.3) is 0 Å². The van der Waals surface area contributed by atoms with Crippen LogP contribution < -0.4 is 0 Å². The van der Waals surface area contributed by atoms with E-state index in [2.05, 4.69) is 20.9 Å². The highest BCUT2D eigenvalue weighted by molar-refractivity contribution is 9.10. The molecule has 33 heavy (non-hydrogen) atoms. The molecule has 3 aromatic rings. The van der Waals surface area contributed by atoms with Crippen molar-refractivity contribution in [3.8, 4) is 11.5 Å². The Hall–Kier alpha value is -3.36. The summed E-state index contributed by atoms with van der Waals surface area (Å²) in [6.07, 6.45) is 2.27. The Morgan fingerprint density at radius 3 is 2.55 bits per heavy atom. The number of aromatic hydroxyl groups is 2. The van der Waals surface area contributed by atoms with Crippen LogP contribution in [0.2, 0.25) is 0 Å². The summed E-state index contributed by atoms with van der Waals surface area (Å²) in [4.78, 5) is 17.2. The molecule has 1 amide bonds. The van der Waals surface area contributed by atoms with E-state index in [1.54, 1.807) is 41.4 Å². The third-order valence-corrected chi connectivity index (χ3v) is 6.70. The number of carbonyl (C=O) groups is 1. The summed E-state index contributed by atoms with van der Waals surface area (Å²) in [5.74, 6) is 0.644. The fraction of sp³-hybridized carbons (Fsp3) is 0.0800. The Bertz CT molecular complexity index is 1340. The summed E-state index contributed by atoms with van der Waals surface area (Å²) >= 11 is 4.40. The Morgan fingerprint density at radius 1 is 1.00 bits per heavy atom. The van der Waals surface area contributed by atoms with Gasteiger partial charge in [0, 0.05) is 22.0 Å². The smallest absolute Gasteiger partial charge is 0.311 e. The van der Waals surface area contributed by atoms with E-state index in [0.29, 0.717) is 28.3 Å². The molecule has 8 heteroatoms. The molecule has 3 aromatic carbocycles. The largest absolute Gasteiger partial charge is 0.508 e. The zero-order valence-corrected chi connectivity index (χ0v) is 19.6. The maximum Gasteiger partial charge on any atom is 0.311 e. The highest BCUT2D eigenvalue weighted by Crippen LogP contribution is 2.42. The van der Waals surface area contributed by atoms with Crippen molar-refractivity contribution in [3.05, 3.63) is 98.9 Å². The number of benzene rings is 3.